The Labute approximate surface area is 127 Å². The van der Waals surface area contributed by atoms with Gasteiger partial charge < -0.3 is 4.74 Å². The van der Waals surface area contributed by atoms with E-state index in [9.17, 15) is 13.2 Å². The third kappa shape index (κ3) is 4.48. The lowest BCUT2D eigenvalue weighted by atomic mass is 10.1. The molecule has 0 aliphatic rings. The van der Waals surface area contributed by atoms with Crippen LogP contribution in [0.5, 0.6) is 11.6 Å². The monoisotopic (exact) mass is 308 g/mol. The van der Waals surface area contributed by atoms with Gasteiger partial charge in [0.05, 0.1) is 11.1 Å². The van der Waals surface area contributed by atoms with Crippen LogP contribution in [0.1, 0.15) is 30.5 Å². The highest BCUT2D eigenvalue weighted by molar-refractivity contribution is 5.46. The molecule has 0 aliphatic carbocycles. The molecule has 0 N–H and O–H groups in total. The van der Waals surface area contributed by atoms with Gasteiger partial charge in [0.25, 0.3) is 0 Å². The quantitative estimate of drug-likeness (QED) is 0.775. The minimum absolute atomic E-state index is 0.00152. The van der Waals surface area contributed by atoms with Crippen LogP contribution in [-0.2, 0) is 6.18 Å². The predicted octanol–water partition coefficient (Wildman–Crippen LogP) is 5.10. The molecule has 0 saturated carbocycles. The molecular formula is C16H15F3N2O. The SMILES string of the molecule is CC.Cc1ccc(Oc2ccc(C(F)(F)F)cn2)c(C#N)c1. The molecule has 0 amide bonds. The number of aryl methyl sites for hydroxylation is 1. The number of alkyl halides is 3. The van der Waals surface area contributed by atoms with Gasteiger partial charge in [0.1, 0.15) is 11.8 Å². The predicted molar refractivity (Wildman–Crippen MR) is 76.6 cm³/mol. The van der Waals surface area contributed by atoms with Gasteiger partial charge >= 0.3 is 6.18 Å². The van der Waals surface area contributed by atoms with Crippen molar-refractivity contribution in [3.63, 3.8) is 0 Å². The van der Waals surface area contributed by atoms with E-state index in [4.69, 9.17) is 10.00 Å². The first-order valence-electron chi connectivity index (χ1n) is 6.62. The maximum atomic E-state index is 12.4. The first-order chi connectivity index (χ1) is 10.4. The van der Waals surface area contributed by atoms with Gasteiger partial charge in [-0.2, -0.15) is 18.4 Å². The first-order valence-corrected chi connectivity index (χ1v) is 6.62. The van der Waals surface area contributed by atoms with E-state index in [0.717, 1.165) is 17.7 Å². The number of aromatic nitrogens is 1. The second kappa shape index (κ2) is 7.46. The summed E-state index contributed by atoms with van der Waals surface area (Å²) in [5, 5.41) is 8.97. The summed E-state index contributed by atoms with van der Waals surface area (Å²) < 4.78 is 42.5. The molecule has 6 heteroatoms. The van der Waals surface area contributed by atoms with Crippen molar-refractivity contribution in [2.45, 2.75) is 26.9 Å². The molecule has 0 saturated heterocycles. The van der Waals surface area contributed by atoms with Crippen molar-refractivity contribution in [3.05, 3.63) is 53.2 Å². The average molecular weight is 308 g/mol. The lowest BCUT2D eigenvalue weighted by Gasteiger charge is -2.09. The fourth-order valence-corrected chi connectivity index (χ4v) is 1.54. The highest BCUT2D eigenvalue weighted by atomic mass is 19.4. The summed E-state index contributed by atoms with van der Waals surface area (Å²) in [7, 11) is 0. The highest BCUT2D eigenvalue weighted by Crippen LogP contribution is 2.30. The smallest absolute Gasteiger partial charge is 0.417 e. The van der Waals surface area contributed by atoms with E-state index >= 15 is 0 Å². The van der Waals surface area contributed by atoms with E-state index in [2.05, 4.69) is 4.98 Å². The fraction of sp³-hybridized carbons (Fsp3) is 0.250. The van der Waals surface area contributed by atoms with Crippen molar-refractivity contribution in [2.24, 2.45) is 0 Å². The number of nitrogens with zero attached hydrogens (tertiary/aromatic N) is 2. The zero-order chi connectivity index (χ0) is 16.8. The van der Waals surface area contributed by atoms with Crippen molar-refractivity contribution in [1.29, 1.82) is 5.26 Å². The Morgan fingerprint density at radius 3 is 2.32 bits per heavy atom. The summed E-state index contributed by atoms with van der Waals surface area (Å²) in [5.74, 6) is 0.253. The first kappa shape index (κ1) is 17.5. The second-order valence-electron chi connectivity index (χ2n) is 4.10. The van der Waals surface area contributed by atoms with Crippen LogP contribution in [0.15, 0.2) is 36.5 Å². The summed E-state index contributed by atoms with van der Waals surface area (Å²) in [4.78, 5) is 3.59. The normalized spacial score (nSPS) is 10.2. The van der Waals surface area contributed by atoms with Crippen LogP contribution in [0, 0.1) is 18.3 Å². The average Bonchev–Trinajstić information content (AvgIpc) is 2.50. The van der Waals surface area contributed by atoms with Crippen molar-refractivity contribution < 1.29 is 17.9 Å². The van der Waals surface area contributed by atoms with Crippen LogP contribution in [0.3, 0.4) is 0 Å². The lowest BCUT2D eigenvalue weighted by Crippen LogP contribution is -2.05. The number of rotatable bonds is 2. The molecule has 0 radical (unpaired) electrons. The van der Waals surface area contributed by atoms with Gasteiger partial charge in [0, 0.05) is 12.3 Å². The molecule has 2 rings (SSSR count). The maximum absolute atomic E-state index is 12.4. The van der Waals surface area contributed by atoms with Gasteiger partial charge in [-0.15, -0.1) is 0 Å². The number of hydrogen-bond donors (Lipinski definition) is 0. The standard InChI is InChI=1S/C14H9F3N2O.C2H6/c1-9-2-4-12(10(6-9)7-18)20-13-5-3-11(8-19-13)14(15,16)17;1-2/h2-6,8H,1H3;1-2H3. The Balaban J connectivity index is 0.00000116. The van der Waals surface area contributed by atoms with Crippen molar-refractivity contribution >= 4 is 0 Å². The van der Waals surface area contributed by atoms with Gasteiger partial charge in [0.15, 0.2) is 0 Å². The molecular weight excluding hydrogens is 293 g/mol. The molecule has 1 aromatic heterocycles. The van der Waals surface area contributed by atoms with Crippen LogP contribution in [0.25, 0.3) is 0 Å². The Bertz CT molecular complexity index is 659. The molecule has 0 atom stereocenters. The van der Waals surface area contributed by atoms with Gasteiger partial charge in [-0.1, -0.05) is 19.9 Å². The topological polar surface area (TPSA) is 45.9 Å². The lowest BCUT2D eigenvalue weighted by molar-refractivity contribution is -0.137. The third-order valence-electron chi connectivity index (χ3n) is 2.53. The molecule has 0 fully saturated rings. The van der Waals surface area contributed by atoms with Crippen LogP contribution in [0.2, 0.25) is 0 Å². The van der Waals surface area contributed by atoms with E-state index in [0.29, 0.717) is 11.8 Å². The Morgan fingerprint density at radius 1 is 1.14 bits per heavy atom. The highest BCUT2D eigenvalue weighted by Gasteiger charge is 2.30. The molecule has 3 nitrogen and oxygen atoms in total. The summed E-state index contributed by atoms with van der Waals surface area (Å²) in [6, 6.07) is 8.89. The second-order valence-corrected chi connectivity index (χ2v) is 4.10. The third-order valence-corrected chi connectivity index (χ3v) is 2.53. The van der Waals surface area contributed by atoms with E-state index in [1.165, 1.54) is 0 Å². The van der Waals surface area contributed by atoms with Gasteiger partial charge in [-0.25, -0.2) is 4.98 Å². The number of ether oxygens (including phenoxy) is 1. The Kier molecular flexibility index (Phi) is 5.93. The molecule has 0 spiro atoms. The molecule has 1 aromatic carbocycles. The van der Waals surface area contributed by atoms with Gasteiger partial charge in [0.2, 0.25) is 5.88 Å². The zero-order valence-electron chi connectivity index (χ0n) is 12.4. The van der Waals surface area contributed by atoms with Crippen molar-refractivity contribution in [3.8, 4) is 17.7 Å². The van der Waals surface area contributed by atoms with Crippen LogP contribution in [-0.4, -0.2) is 4.98 Å². The summed E-state index contributed by atoms with van der Waals surface area (Å²) in [6.45, 7) is 5.82. The molecule has 22 heavy (non-hydrogen) atoms. The van der Waals surface area contributed by atoms with Crippen LogP contribution in [0.4, 0.5) is 13.2 Å². The molecule has 0 bridgehead atoms. The van der Waals surface area contributed by atoms with E-state index in [1.807, 2.05) is 26.8 Å². The molecule has 1 heterocycles. The van der Waals surface area contributed by atoms with E-state index in [1.54, 1.807) is 18.2 Å². The zero-order valence-corrected chi connectivity index (χ0v) is 12.4. The maximum Gasteiger partial charge on any atom is 0.417 e. The number of halogens is 3. The number of benzene rings is 1. The summed E-state index contributed by atoms with van der Waals surface area (Å²) >= 11 is 0. The largest absolute Gasteiger partial charge is 0.438 e. The molecule has 0 aliphatic heterocycles. The molecule has 116 valence electrons. The number of hydrogen-bond acceptors (Lipinski definition) is 3. The number of nitriles is 1. The fourth-order valence-electron chi connectivity index (χ4n) is 1.54. The van der Waals surface area contributed by atoms with Crippen LogP contribution < -0.4 is 4.74 Å². The van der Waals surface area contributed by atoms with E-state index < -0.39 is 11.7 Å². The molecule has 2 aromatic rings. The minimum atomic E-state index is -4.44. The summed E-state index contributed by atoms with van der Waals surface area (Å²) in [5.41, 5.74) is 0.329. The Hall–Kier alpha value is -2.55. The van der Waals surface area contributed by atoms with E-state index in [-0.39, 0.29) is 11.6 Å². The van der Waals surface area contributed by atoms with Gasteiger partial charge in [-0.05, 0) is 30.7 Å². The van der Waals surface area contributed by atoms with Crippen LogP contribution >= 0.6 is 0 Å². The van der Waals surface area contributed by atoms with Gasteiger partial charge in [-0.3, -0.25) is 0 Å². The number of pyridine rings is 1. The molecule has 0 unspecified atom stereocenters. The van der Waals surface area contributed by atoms with Crippen molar-refractivity contribution in [1.82, 2.24) is 4.98 Å². The van der Waals surface area contributed by atoms with Crippen molar-refractivity contribution in [2.75, 3.05) is 0 Å². The Morgan fingerprint density at radius 2 is 1.82 bits per heavy atom. The summed E-state index contributed by atoms with van der Waals surface area (Å²) in [6.07, 6.45) is -3.75. The minimum Gasteiger partial charge on any atom is -0.438 e.